The molecule has 1 atom stereocenters. The van der Waals surface area contributed by atoms with Gasteiger partial charge in [0.2, 0.25) is 0 Å². The molecule has 0 aromatic heterocycles. The molecule has 3 aliphatic carbocycles. The van der Waals surface area contributed by atoms with E-state index >= 15 is 0 Å². The van der Waals surface area contributed by atoms with E-state index in [4.69, 9.17) is 0 Å². The predicted octanol–water partition coefficient (Wildman–Crippen LogP) is 9.18. The summed E-state index contributed by atoms with van der Waals surface area (Å²) in [6.45, 7) is 16.1. The Labute approximate surface area is 286 Å². The monoisotopic (exact) mass is 683 g/mol. The Hall–Kier alpha value is -2.31. The van der Waals surface area contributed by atoms with Crippen LogP contribution in [0.4, 0.5) is 0 Å². The van der Waals surface area contributed by atoms with Crippen molar-refractivity contribution < 1.29 is 24.2 Å². The minimum absolute atomic E-state index is 0. The van der Waals surface area contributed by atoms with Gasteiger partial charge in [0.1, 0.15) is 0 Å². The van der Waals surface area contributed by atoms with E-state index in [1.54, 1.807) is 0 Å². The van der Waals surface area contributed by atoms with E-state index in [0.717, 1.165) is 6.42 Å². The molecule has 0 radical (unpaired) electrons. The van der Waals surface area contributed by atoms with Crippen LogP contribution in [-0.2, 0) is 29.7 Å². The molecule has 1 unspecified atom stereocenters. The van der Waals surface area contributed by atoms with Crippen molar-refractivity contribution in [2.75, 3.05) is 0 Å². The summed E-state index contributed by atoms with van der Waals surface area (Å²) >= 11 is 1.46. The zero-order valence-corrected chi connectivity index (χ0v) is 30.5. The quantitative estimate of drug-likeness (QED) is 0.241. The van der Waals surface area contributed by atoms with Gasteiger partial charge in [-0.2, -0.15) is 17.7 Å². The molecule has 0 aliphatic heterocycles. The van der Waals surface area contributed by atoms with Crippen LogP contribution in [0.1, 0.15) is 71.6 Å². The van der Waals surface area contributed by atoms with E-state index in [1.165, 1.54) is 76.9 Å². The van der Waals surface area contributed by atoms with Gasteiger partial charge in [-0.05, 0) is 35.2 Å². The third kappa shape index (κ3) is 7.17. The Morgan fingerprint density at radius 1 is 0.791 bits per heavy atom. The predicted molar refractivity (Wildman–Crippen MR) is 187 cm³/mol. The molecule has 0 bridgehead atoms. The van der Waals surface area contributed by atoms with Crippen LogP contribution in [0.5, 0.6) is 0 Å². The second kappa shape index (κ2) is 13.8. The Bertz CT molecular complexity index is 1680. The van der Waals surface area contributed by atoms with E-state index < -0.39 is 0 Å². The summed E-state index contributed by atoms with van der Waals surface area (Å²) < 4.78 is 1.42. The first-order valence-electron chi connectivity index (χ1n) is 14.7. The van der Waals surface area contributed by atoms with Crippen molar-refractivity contribution in [2.45, 2.75) is 60.3 Å². The standard InChI is InChI=1S/C27H31.C13H10.2ClH.Zr/c1-18-9-8-10-24(18)27(26(5,6)7)14-13-23-20(17-27)15-19-16-21(25(2,3)4)11-12-22(19)23;1-3-7-12(8-4-1)11-13-9-5-2-6-10-13;;;/h8-9,11-16H,10H2,1-7H3;1-10H;2*1H;/q-1;;;;. The molecule has 6 rings (SSSR count). The molecule has 3 aromatic rings. The summed E-state index contributed by atoms with van der Waals surface area (Å²) in [6, 6.07) is 28.1. The van der Waals surface area contributed by atoms with Crippen molar-refractivity contribution >= 4 is 39.7 Å². The zero-order valence-electron chi connectivity index (χ0n) is 26.4. The second-order valence-electron chi connectivity index (χ2n) is 13.4. The van der Waals surface area contributed by atoms with Crippen LogP contribution in [0.3, 0.4) is 0 Å². The molecule has 43 heavy (non-hydrogen) atoms. The number of fused-ring (bicyclic) bond motifs is 2. The first kappa shape index (κ1) is 35.2. The van der Waals surface area contributed by atoms with Gasteiger partial charge in [-0.25, -0.2) is 0 Å². The topological polar surface area (TPSA) is 0 Å². The Morgan fingerprint density at radius 2 is 1.37 bits per heavy atom. The Kier molecular flexibility index (Phi) is 11.3. The van der Waals surface area contributed by atoms with E-state index in [0.29, 0.717) is 0 Å². The SMILES string of the molecule is CC1=C(C2(C(C)(C)C)[C-]=C3C=c4cc(C(C)(C)C)ccc4=C3C=C2)CC=C1.Cl.Cl.[Zr]=[C](c1ccccc1)c1ccccc1. The van der Waals surface area contributed by atoms with E-state index in [1.807, 2.05) is 0 Å². The van der Waals surface area contributed by atoms with Gasteiger partial charge in [0.25, 0.3) is 0 Å². The molecule has 222 valence electrons. The van der Waals surface area contributed by atoms with Crippen LogP contribution in [0.2, 0.25) is 0 Å². The molecule has 0 amide bonds. The van der Waals surface area contributed by atoms with Crippen LogP contribution >= 0.6 is 24.8 Å². The normalized spacial score (nSPS) is 18.3. The maximum absolute atomic E-state index is 3.99. The van der Waals surface area contributed by atoms with Gasteiger partial charge >= 0.3 is 99.2 Å². The number of allylic oxidation sites excluding steroid dienone is 8. The molecular formula is C40H43Cl2Zr-. The summed E-state index contributed by atoms with van der Waals surface area (Å²) in [4.78, 5) is 0. The number of benzene rings is 3. The summed E-state index contributed by atoms with van der Waals surface area (Å²) in [5.74, 6) is 0. The van der Waals surface area contributed by atoms with Crippen molar-refractivity contribution in [1.82, 2.24) is 0 Å². The van der Waals surface area contributed by atoms with E-state index in [-0.39, 0.29) is 41.1 Å². The molecule has 0 spiro atoms. The fourth-order valence-electron chi connectivity index (χ4n) is 6.05. The number of hydrogen-bond donors (Lipinski definition) is 0. The molecule has 0 saturated heterocycles. The van der Waals surface area contributed by atoms with Crippen LogP contribution in [-0.4, -0.2) is 3.21 Å². The first-order chi connectivity index (χ1) is 19.4. The van der Waals surface area contributed by atoms with Gasteiger partial charge in [0, 0.05) is 0 Å². The second-order valence-corrected chi connectivity index (χ2v) is 14.6. The van der Waals surface area contributed by atoms with Gasteiger partial charge in [0.05, 0.1) is 0 Å². The van der Waals surface area contributed by atoms with Gasteiger partial charge in [-0.3, -0.25) is 0 Å². The van der Waals surface area contributed by atoms with Crippen LogP contribution in [0.25, 0.3) is 11.6 Å². The summed E-state index contributed by atoms with van der Waals surface area (Å²) in [5, 5.41) is 2.68. The average Bonchev–Trinajstić information content (AvgIpc) is 3.55. The van der Waals surface area contributed by atoms with Crippen molar-refractivity contribution in [2.24, 2.45) is 10.8 Å². The molecule has 0 heterocycles. The summed E-state index contributed by atoms with van der Waals surface area (Å²) in [6.07, 6.45) is 16.7. The van der Waals surface area contributed by atoms with Crippen molar-refractivity contribution in [3.8, 4) is 0 Å². The third-order valence-corrected chi connectivity index (χ3v) is 10.00. The Balaban J connectivity index is 0.000000269. The van der Waals surface area contributed by atoms with E-state index in [2.05, 4.69) is 164 Å². The summed E-state index contributed by atoms with van der Waals surface area (Å²) in [5.41, 5.74) is 9.64. The van der Waals surface area contributed by atoms with Crippen LogP contribution in [0, 0.1) is 16.9 Å². The van der Waals surface area contributed by atoms with Crippen LogP contribution < -0.4 is 10.4 Å². The third-order valence-electron chi connectivity index (χ3n) is 8.58. The molecular weight excluding hydrogens is 643 g/mol. The Morgan fingerprint density at radius 3 is 1.86 bits per heavy atom. The van der Waals surface area contributed by atoms with Crippen molar-refractivity contribution in [1.29, 1.82) is 0 Å². The fraction of sp³-hybridized carbons (Fsp3) is 0.275. The van der Waals surface area contributed by atoms with E-state index in [9.17, 15) is 0 Å². The molecule has 3 aliphatic rings. The number of hydrogen-bond acceptors (Lipinski definition) is 0. The molecule has 0 N–H and O–H groups in total. The summed E-state index contributed by atoms with van der Waals surface area (Å²) in [7, 11) is 0. The molecule has 3 heteroatoms. The first-order valence-corrected chi connectivity index (χ1v) is 15.9. The molecule has 3 aromatic carbocycles. The molecule has 0 saturated carbocycles. The van der Waals surface area contributed by atoms with Gasteiger partial charge in [-0.1, -0.05) is 99.6 Å². The van der Waals surface area contributed by atoms with Crippen molar-refractivity contribution in [3.63, 3.8) is 0 Å². The van der Waals surface area contributed by atoms with Gasteiger partial charge < -0.3 is 0 Å². The molecule has 0 nitrogen and oxygen atoms in total. The van der Waals surface area contributed by atoms with Crippen LogP contribution in [0.15, 0.2) is 120 Å². The van der Waals surface area contributed by atoms with Gasteiger partial charge in [0.15, 0.2) is 0 Å². The fourth-order valence-corrected chi connectivity index (χ4v) is 6.87. The minimum atomic E-state index is -0.148. The maximum atomic E-state index is 3.99. The average molecular weight is 686 g/mol. The number of rotatable bonds is 3. The van der Waals surface area contributed by atoms with Crippen molar-refractivity contribution in [3.05, 3.63) is 153 Å². The number of halogens is 2. The molecule has 0 fully saturated rings. The zero-order chi connectivity index (χ0) is 29.4. The van der Waals surface area contributed by atoms with Gasteiger partial charge in [-0.15, -0.1) is 36.5 Å².